The molecule has 0 atom stereocenters. The van der Waals surface area contributed by atoms with Gasteiger partial charge in [-0.3, -0.25) is 4.79 Å². The van der Waals surface area contributed by atoms with Gasteiger partial charge in [-0.1, -0.05) is 48.9 Å². The molecule has 0 aliphatic heterocycles. The van der Waals surface area contributed by atoms with E-state index < -0.39 is 0 Å². The van der Waals surface area contributed by atoms with E-state index in [1.165, 1.54) is 0 Å². The monoisotopic (exact) mass is 297 g/mol. The summed E-state index contributed by atoms with van der Waals surface area (Å²) in [4.78, 5) is 12.9. The number of carbonyl (C=O) groups excluding carboxylic acids is 1. The van der Waals surface area contributed by atoms with E-state index in [1.54, 1.807) is 0 Å². The number of halogens is 1. The quantitative estimate of drug-likeness (QED) is 0.646. The molecular formula is C18H16ClNO. The molecule has 0 saturated heterocycles. The zero-order valence-corrected chi connectivity index (χ0v) is 12.8. The van der Waals surface area contributed by atoms with Crippen LogP contribution in [0.25, 0.3) is 10.9 Å². The average molecular weight is 298 g/mol. The van der Waals surface area contributed by atoms with Gasteiger partial charge in [0.25, 0.3) is 0 Å². The van der Waals surface area contributed by atoms with Gasteiger partial charge in [0.15, 0.2) is 5.78 Å². The highest BCUT2D eigenvalue weighted by Crippen LogP contribution is 2.27. The van der Waals surface area contributed by atoms with Crippen LogP contribution in [0.5, 0.6) is 0 Å². The highest BCUT2D eigenvalue weighted by molar-refractivity contribution is 6.31. The van der Waals surface area contributed by atoms with Crippen molar-refractivity contribution in [2.45, 2.75) is 13.3 Å². The summed E-state index contributed by atoms with van der Waals surface area (Å²) in [5.41, 5.74) is 3.56. The van der Waals surface area contributed by atoms with Crippen molar-refractivity contribution in [3.63, 3.8) is 0 Å². The molecule has 0 unspecified atom stereocenters. The zero-order chi connectivity index (χ0) is 15.0. The first-order valence-electron chi connectivity index (χ1n) is 6.99. The molecule has 0 aliphatic rings. The lowest BCUT2D eigenvalue weighted by Crippen LogP contribution is -2.04. The first-order valence-corrected chi connectivity index (χ1v) is 7.36. The van der Waals surface area contributed by atoms with E-state index in [-0.39, 0.29) is 5.78 Å². The van der Waals surface area contributed by atoms with E-state index in [1.807, 2.05) is 60.3 Å². The highest BCUT2D eigenvalue weighted by Gasteiger charge is 2.17. The fraction of sp³-hybridized carbons (Fsp3) is 0.167. The molecule has 0 spiro atoms. The van der Waals surface area contributed by atoms with Gasteiger partial charge >= 0.3 is 0 Å². The van der Waals surface area contributed by atoms with E-state index in [0.717, 1.165) is 34.0 Å². The smallest absolute Gasteiger partial charge is 0.195 e. The van der Waals surface area contributed by atoms with Crippen molar-refractivity contribution < 1.29 is 4.79 Å². The molecule has 3 aromatic rings. The Morgan fingerprint density at radius 3 is 2.67 bits per heavy atom. The van der Waals surface area contributed by atoms with Gasteiger partial charge in [0.1, 0.15) is 0 Å². The van der Waals surface area contributed by atoms with Gasteiger partial charge in [0.05, 0.1) is 0 Å². The predicted octanol–water partition coefficient (Wildman–Crippen LogP) is 4.63. The molecule has 3 heteroatoms. The number of hydrogen-bond donors (Lipinski definition) is 0. The summed E-state index contributed by atoms with van der Waals surface area (Å²) < 4.78 is 1.95. The Morgan fingerprint density at radius 2 is 1.90 bits per heavy atom. The Kier molecular flexibility index (Phi) is 3.56. The van der Waals surface area contributed by atoms with Crippen molar-refractivity contribution in [3.05, 3.63) is 70.4 Å². The number of carbonyl (C=O) groups is 1. The summed E-state index contributed by atoms with van der Waals surface area (Å²) in [6.07, 6.45) is 2.73. The second-order valence-corrected chi connectivity index (χ2v) is 5.59. The molecule has 1 aromatic heterocycles. The van der Waals surface area contributed by atoms with E-state index in [2.05, 4.69) is 6.92 Å². The third kappa shape index (κ3) is 2.36. The topological polar surface area (TPSA) is 22.0 Å². The lowest BCUT2D eigenvalue weighted by atomic mass is 9.97. The molecule has 3 rings (SSSR count). The summed E-state index contributed by atoms with van der Waals surface area (Å²) in [6, 6.07) is 13.4. The second-order valence-electron chi connectivity index (χ2n) is 5.15. The van der Waals surface area contributed by atoms with Gasteiger partial charge < -0.3 is 4.57 Å². The van der Waals surface area contributed by atoms with Crippen molar-refractivity contribution in [2.24, 2.45) is 7.05 Å². The summed E-state index contributed by atoms with van der Waals surface area (Å²) in [6.45, 7) is 2.06. The van der Waals surface area contributed by atoms with Crippen LogP contribution >= 0.6 is 11.6 Å². The normalized spacial score (nSPS) is 11.0. The van der Waals surface area contributed by atoms with Crippen molar-refractivity contribution in [3.8, 4) is 0 Å². The summed E-state index contributed by atoms with van der Waals surface area (Å²) >= 11 is 6.05. The maximum atomic E-state index is 12.9. The standard InChI is InChI=1S/C18H16ClNO/c1-3-12-6-4-5-7-14(12)18(21)16-11-20(2)17-10-13(19)8-9-15(16)17/h4-11H,3H2,1-2H3. The van der Waals surface area contributed by atoms with Gasteiger partial charge in [-0.15, -0.1) is 0 Å². The number of aromatic nitrogens is 1. The second kappa shape index (κ2) is 5.38. The van der Waals surface area contributed by atoms with Crippen LogP contribution in [0, 0.1) is 0 Å². The van der Waals surface area contributed by atoms with Crippen LogP contribution in [-0.2, 0) is 13.5 Å². The Bertz CT molecular complexity index is 832. The first kappa shape index (κ1) is 13.9. The molecule has 0 amide bonds. The van der Waals surface area contributed by atoms with Crippen molar-refractivity contribution in [1.82, 2.24) is 4.57 Å². The maximum Gasteiger partial charge on any atom is 0.195 e. The zero-order valence-electron chi connectivity index (χ0n) is 12.1. The SMILES string of the molecule is CCc1ccccc1C(=O)c1cn(C)c2cc(Cl)ccc12. The predicted molar refractivity (Wildman–Crippen MR) is 87.2 cm³/mol. The lowest BCUT2D eigenvalue weighted by Gasteiger charge is -2.05. The van der Waals surface area contributed by atoms with Gasteiger partial charge in [-0.2, -0.15) is 0 Å². The summed E-state index contributed by atoms with van der Waals surface area (Å²) in [5.74, 6) is 0.0698. The Balaban J connectivity index is 2.19. The molecule has 0 aliphatic carbocycles. The van der Waals surface area contributed by atoms with Gasteiger partial charge in [-0.05, 0) is 24.1 Å². The Hall–Kier alpha value is -2.06. The van der Waals surface area contributed by atoms with Crippen LogP contribution in [0.3, 0.4) is 0 Å². The fourth-order valence-corrected chi connectivity index (χ4v) is 2.90. The van der Waals surface area contributed by atoms with E-state index in [9.17, 15) is 4.79 Å². The number of aryl methyl sites for hydroxylation is 2. The Morgan fingerprint density at radius 1 is 1.14 bits per heavy atom. The number of hydrogen-bond acceptors (Lipinski definition) is 1. The largest absolute Gasteiger partial charge is 0.350 e. The number of fused-ring (bicyclic) bond motifs is 1. The first-order chi connectivity index (χ1) is 10.1. The number of rotatable bonds is 3. The molecule has 2 nitrogen and oxygen atoms in total. The molecule has 0 bridgehead atoms. The van der Waals surface area contributed by atoms with Crippen LogP contribution in [0.2, 0.25) is 5.02 Å². The van der Waals surface area contributed by atoms with Crippen LogP contribution in [-0.4, -0.2) is 10.4 Å². The summed E-state index contributed by atoms with van der Waals surface area (Å²) in [5, 5.41) is 1.62. The van der Waals surface area contributed by atoms with Crippen molar-refractivity contribution >= 4 is 28.3 Å². The minimum atomic E-state index is 0.0698. The van der Waals surface area contributed by atoms with Gasteiger partial charge in [0, 0.05) is 40.3 Å². The fourth-order valence-electron chi connectivity index (χ4n) is 2.73. The van der Waals surface area contributed by atoms with Crippen LogP contribution in [0.15, 0.2) is 48.7 Å². The summed E-state index contributed by atoms with van der Waals surface area (Å²) in [7, 11) is 1.93. The van der Waals surface area contributed by atoms with Crippen LogP contribution in [0.4, 0.5) is 0 Å². The minimum Gasteiger partial charge on any atom is -0.350 e. The molecule has 0 radical (unpaired) electrons. The van der Waals surface area contributed by atoms with E-state index >= 15 is 0 Å². The molecule has 1 heterocycles. The molecule has 106 valence electrons. The number of benzene rings is 2. The van der Waals surface area contributed by atoms with Crippen molar-refractivity contribution in [2.75, 3.05) is 0 Å². The molecule has 2 aromatic carbocycles. The molecule has 0 fully saturated rings. The van der Waals surface area contributed by atoms with Crippen LogP contribution in [0.1, 0.15) is 28.4 Å². The highest BCUT2D eigenvalue weighted by atomic mass is 35.5. The van der Waals surface area contributed by atoms with Crippen LogP contribution < -0.4 is 0 Å². The van der Waals surface area contributed by atoms with Crippen molar-refractivity contribution in [1.29, 1.82) is 0 Å². The van der Waals surface area contributed by atoms with E-state index in [0.29, 0.717) is 5.02 Å². The molecule has 0 saturated carbocycles. The van der Waals surface area contributed by atoms with Gasteiger partial charge in [0.2, 0.25) is 0 Å². The minimum absolute atomic E-state index is 0.0698. The number of nitrogens with zero attached hydrogens (tertiary/aromatic N) is 1. The average Bonchev–Trinajstić information content (AvgIpc) is 2.83. The molecule has 21 heavy (non-hydrogen) atoms. The molecule has 0 N–H and O–H groups in total. The van der Waals surface area contributed by atoms with Gasteiger partial charge in [-0.25, -0.2) is 0 Å². The third-order valence-corrected chi connectivity index (χ3v) is 4.08. The Labute approximate surface area is 129 Å². The molecular weight excluding hydrogens is 282 g/mol. The number of ketones is 1. The maximum absolute atomic E-state index is 12.9. The third-order valence-electron chi connectivity index (χ3n) is 3.84. The lowest BCUT2D eigenvalue weighted by molar-refractivity contribution is 0.103. The van der Waals surface area contributed by atoms with E-state index in [4.69, 9.17) is 11.6 Å².